The maximum Gasteiger partial charge on any atom is 0.0876 e. The molecule has 2 heterocycles. The van der Waals surface area contributed by atoms with Crippen molar-refractivity contribution >= 4 is 11.5 Å². The van der Waals surface area contributed by atoms with Crippen LogP contribution in [0.5, 0.6) is 0 Å². The van der Waals surface area contributed by atoms with Crippen LogP contribution in [0.25, 0.3) is 0 Å². The number of ether oxygens (including phenoxy) is 1. The van der Waals surface area contributed by atoms with Gasteiger partial charge >= 0.3 is 0 Å². The normalized spacial score (nSPS) is 17.4. The Balaban J connectivity index is 2.28. The highest BCUT2D eigenvalue weighted by Gasteiger charge is 2.24. The molecule has 0 bridgehead atoms. The maximum atomic E-state index is 5.47. The van der Waals surface area contributed by atoms with E-state index < -0.39 is 0 Å². The van der Waals surface area contributed by atoms with E-state index in [2.05, 4.69) is 35.7 Å². The van der Waals surface area contributed by atoms with Gasteiger partial charge in [-0.25, -0.2) is 0 Å². The molecule has 0 saturated heterocycles. The number of aromatic nitrogens is 2. The van der Waals surface area contributed by atoms with Crippen molar-refractivity contribution in [2.75, 3.05) is 13.2 Å². The highest BCUT2D eigenvalue weighted by molar-refractivity contribution is 7.05. The second kappa shape index (κ2) is 6.29. The average molecular weight is 267 g/mol. The van der Waals surface area contributed by atoms with E-state index in [-0.39, 0.29) is 6.04 Å². The lowest BCUT2D eigenvalue weighted by Crippen LogP contribution is -2.24. The summed E-state index contributed by atoms with van der Waals surface area (Å²) in [5.41, 5.74) is 2.42. The highest BCUT2D eigenvalue weighted by Crippen LogP contribution is 2.33. The van der Waals surface area contributed by atoms with Gasteiger partial charge in [0.25, 0.3) is 0 Å². The summed E-state index contributed by atoms with van der Waals surface area (Å²) in [6.07, 6.45) is 4.10. The van der Waals surface area contributed by atoms with E-state index in [1.165, 1.54) is 22.0 Å². The Morgan fingerprint density at radius 1 is 1.50 bits per heavy atom. The van der Waals surface area contributed by atoms with Crippen molar-refractivity contribution in [3.05, 3.63) is 22.4 Å². The average Bonchev–Trinajstić information content (AvgIpc) is 2.86. The largest absolute Gasteiger partial charge is 0.501 e. The Morgan fingerprint density at radius 2 is 2.33 bits per heavy atom. The number of rotatable bonds is 5. The van der Waals surface area contributed by atoms with Crippen molar-refractivity contribution in [3.8, 4) is 0 Å². The van der Waals surface area contributed by atoms with Gasteiger partial charge in [0.05, 0.1) is 29.5 Å². The second-order valence-corrected chi connectivity index (χ2v) is 5.62. The smallest absolute Gasteiger partial charge is 0.0876 e. The van der Waals surface area contributed by atoms with Gasteiger partial charge in [-0.05, 0) is 42.4 Å². The molecular formula is C13H21N3OS. The monoisotopic (exact) mass is 267 g/mol. The zero-order valence-corrected chi connectivity index (χ0v) is 12.1. The van der Waals surface area contributed by atoms with E-state index in [1.54, 1.807) is 0 Å². The summed E-state index contributed by atoms with van der Waals surface area (Å²) in [6, 6.07) is 0.215. The van der Waals surface area contributed by atoms with E-state index in [0.29, 0.717) is 5.92 Å². The minimum atomic E-state index is 0.215. The summed E-state index contributed by atoms with van der Waals surface area (Å²) >= 11 is 1.50. The van der Waals surface area contributed by atoms with Crippen LogP contribution in [-0.2, 0) is 4.74 Å². The molecule has 0 aliphatic carbocycles. The summed E-state index contributed by atoms with van der Waals surface area (Å²) in [7, 11) is 0. The first-order chi connectivity index (χ1) is 8.74. The number of nitrogens with zero attached hydrogens (tertiary/aromatic N) is 2. The van der Waals surface area contributed by atoms with Crippen LogP contribution in [0.15, 0.2) is 11.8 Å². The van der Waals surface area contributed by atoms with E-state index in [0.717, 1.165) is 31.7 Å². The molecule has 5 heteroatoms. The SMILES string of the molecule is CCNC(C1=COCCC1)c1snnc1C(C)C. The first-order valence-electron chi connectivity index (χ1n) is 6.60. The lowest BCUT2D eigenvalue weighted by molar-refractivity contribution is 0.219. The molecule has 1 aromatic rings. The van der Waals surface area contributed by atoms with Gasteiger partial charge in [0.2, 0.25) is 0 Å². The van der Waals surface area contributed by atoms with Gasteiger partial charge in [0.15, 0.2) is 0 Å². The van der Waals surface area contributed by atoms with Gasteiger partial charge in [-0.15, -0.1) is 5.10 Å². The summed E-state index contributed by atoms with van der Waals surface area (Å²) < 4.78 is 9.59. The van der Waals surface area contributed by atoms with Crippen molar-refractivity contribution in [3.63, 3.8) is 0 Å². The number of likely N-dealkylation sites (N-methyl/N-ethyl adjacent to an activating group) is 1. The Bertz CT molecular complexity index is 414. The Labute approximate surface area is 113 Å². The zero-order valence-electron chi connectivity index (χ0n) is 11.3. The Hall–Kier alpha value is -0.940. The third-order valence-corrected chi connectivity index (χ3v) is 3.90. The molecule has 4 nitrogen and oxygen atoms in total. The summed E-state index contributed by atoms with van der Waals surface area (Å²) in [5, 5.41) is 7.81. The topological polar surface area (TPSA) is 47.0 Å². The molecule has 2 rings (SSSR count). The summed E-state index contributed by atoms with van der Waals surface area (Å²) in [5.74, 6) is 0.407. The predicted octanol–water partition coefficient (Wildman–Crippen LogP) is 3.01. The fraction of sp³-hybridized carbons (Fsp3) is 0.692. The molecule has 1 N–H and O–H groups in total. The minimum Gasteiger partial charge on any atom is -0.501 e. The Morgan fingerprint density at radius 3 is 2.94 bits per heavy atom. The van der Waals surface area contributed by atoms with Crippen LogP contribution in [0.3, 0.4) is 0 Å². The molecule has 1 aliphatic heterocycles. The van der Waals surface area contributed by atoms with Crippen LogP contribution in [-0.4, -0.2) is 22.7 Å². The van der Waals surface area contributed by atoms with Crippen LogP contribution >= 0.6 is 11.5 Å². The standard InChI is InChI=1S/C13H21N3OS/c1-4-14-12(10-6-5-7-17-8-10)13-11(9(2)3)15-16-18-13/h8-9,12,14H,4-7H2,1-3H3. The molecule has 0 saturated carbocycles. The minimum absolute atomic E-state index is 0.215. The first kappa shape index (κ1) is 13.5. The number of nitrogens with one attached hydrogen (secondary N) is 1. The van der Waals surface area contributed by atoms with Gasteiger partial charge in [-0.3, -0.25) is 0 Å². The van der Waals surface area contributed by atoms with Gasteiger partial charge in [-0.2, -0.15) is 0 Å². The van der Waals surface area contributed by atoms with Gasteiger partial charge in [-0.1, -0.05) is 25.3 Å². The predicted molar refractivity (Wildman–Crippen MR) is 73.7 cm³/mol. The quantitative estimate of drug-likeness (QED) is 0.891. The molecular weight excluding hydrogens is 246 g/mol. The van der Waals surface area contributed by atoms with Crippen LogP contribution in [0.4, 0.5) is 0 Å². The second-order valence-electron chi connectivity index (χ2n) is 4.83. The lowest BCUT2D eigenvalue weighted by atomic mass is 9.97. The van der Waals surface area contributed by atoms with E-state index in [9.17, 15) is 0 Å². The fourth-order valence-electron chi connectivity index (χ4n) is 2.20. The number of hydrogen-bond donors (Lipinski definition) is 1. The molecule has 100 valence electrons. The van der Waals surface area contributed by atoms with Gasteiger partial charge < -0.3 is 10.1 Å². The Kier molecular flexibility index (Phi) is 4.72. The third kappa shape index (κ3) is 2.90. The number of hydrogen-bond acceptors (Lipinski definition) is 5. The molecule has 0 fully saturated rings. The van der Waals surface area contributed by atoms with Crippen LogP contribution < -0.4 is 5.32 Å². The first-order valence-corrected chi connectivity index (χ1v) is 7.37. The molecule has 1 atom stereocenters. The molecule has 18 heavy (non-hydrogen) atoms. The summed E-state index contributed by atoms with van der Waals surface area (Å²) in [4.78, 5) is 1.24. The third-order valence-electron chi connectivity index (χ3n) is 3.09. The highest BCUT2D eigenvalue weighted by atomic mass is 32.1. The van der Waals surface area contributed by atoms with E-state index >= 15 is 0 Å². The van der Waals surface area contributed by atoms with E-state index in [4.69, 9.17) is 4.74 Å². The van der Waals surface area contributed by atoms with Crippen LogP contribution in [0, 0.1) is 0 Å². The molecule has 0 aromatic carbocycles. The van der Waals surface area contributed by atoms with Crippen molar-refractivity contribution < 1.29 is 4.74 Å². The lowest BCUT2D eigenvalue weighted by Gasteiger charge is -2.23. The molecule has 1 aromatic heterocycles. The summed E-state index contributed by atoms with van der Waals surface area (Å²) in [6.45, 7) is 8.21. The van der Waals surface area contributed by atoms with Crippen LogP contribution in [0.2, 0.25) is 0 Å². The van der Waals surface area contributed by atoms with Crippen molar-refractivity contribution in [1.82, 2.24) is 14.9 Å². The van der Waals surface area contributed by atoms with Crippen molar-refractivity contribution in [1.29, 1.82) is 0 Å². The van der Waals surface area contributed by atoms with Crippen LogP contribution in [0.1, 0.15) is 56.1 Å². The molecule has 1 aliphatic rings. The zero-order chi connectivity index (χ0) is 13.0. The van der Waals surface area contributed by atoms with E-state index in [1.807, 2.05) is 6.26 Å². The fourth-order valence-corrected chi connectivity index (χ4v) is 3.13. The maximum absolute atomic E-state index is 5.47. The van der Waals surface area contributed by atoms with Crippen molar-refractivity contribution in [2.45, 2.75) is 45.6 Å². The molecule has 0 radical (unpaired) electrons. The molecule has 1 unspecified atom stereocenters. The molecule has 0 amide bonds. The van der Waals surface area contributed by atoms with Gasteiger partial charge in [0.1, 0.15) is 0 Å². The van der Waals surface area contributed by atoms with Crippen molar-refractivity contribution in [2.24, 2.45) is 0 Å². The van der Waals surface area contributed by atoms with Gasteiger partial charge in [0, 0.05) is 0 Å². The molecule has 0 spiro atoms.